The molecule has 0 bridgehead atoms. The van der Waals surface area contributed by atoms with Gasteiger partial charge in [-0.25, -0.2) is 0 Å². The number of nitrogens with zero attached hydrogens (tertiary/aromatic N) is 1. The van der Waals surface area contributed by atoms with Gasteiger partial charge in [0, 0.05) is 25.2 Å². The number of aryl methyl sites for hydroxylation is 1. The highest BCUT2D eigenvalue weighted by molar-refractivity contribution is 5.94. The molecule has 1 aliphatic rings. The van der Waals surface area contributed by atoms with E-state index in [1.54, 1.807) is 7.11 Å². The summed E-state index contributed by atoms with van der Waals surface area (Å²) < 4.78 is 5.25. The van der Waals surface area contributed by atoms with Crippen LogP contribution in [0.3, 0.4) is 0 Å². The minimum Gasteiger partial charge on any atom is -0.497 e. The fourth-order valence-corrected chi connectivity index (χ4v) is 3.87. The standard InChI is InChI=1S/C24H32N2O2/c1-19-6-5-15-26(17-19)18-21-10-12-22(13-11-21)24(27)25-14-4-8-20-7-3-9-23(16-20)28-2/h3,7,9-13,16,19H,4-6,8,14-15,17-18H2,1-2H3,(H,25,27). The zero-order valence-corrected chi connectivity index (χ0v) is 17.1. The predicted octanol–water partition coefficient (Wildman–Crippen LogP) is 4.29. The molecule has 1 heterocycles. The molecule has 1 N–H and O–H groups in total. The summed E-state index contributed by atoms with van der Waals surface area (Å²) in [7, 11) is 1.68. The van der Waals surface area contributed by atoms with Crippen LogP contribution in [0.5, 0.6) is 5.75 Å². The van der Waals surface area contributed by atoms with Gasteiger partial charge in [-0.15, -0.1) is 0 Å². The van der Waals surface area contributed by atoms with E-state index in [-0.39, 0.29) is 5.91 Å². The Bertz CT molecular complexity index is 757. The molecule has 28 heavy (non-hydrogen) atoms. The number of benzene rings is 2. The van der Waals surface area contributed by atoms with E-state index in [9.17, 15) is 4.79 Å². The number of hydrogen-bond donors (Lipinski definition) is 1. The molecule has 0 radical (unpaired) electrons. The summed E-state index contributed by atoms with van der Waals surface area (Å²) in [5.74, 6) is 1.67. The Hall–Kier alpha value is -2.33. The molecular formula is C24H32N2O2. The van der Waals surface area contributed by atoms with Crippen LogP contribution in [-0.4, -0.2) is 37.6 Å². The summed E-state index contributed by atoms with van der Waals surface area (Å²) in [6, 6.07) is 16.1. The van der Waals surface area contributed by atoms with Gasteiger partial charge >= 0.3 is 0 Å². The molecule has 1 amide bonds. The molecule has 1 aliphatic heterocycles. The summed E-state index contributed by atoms with van der Waals surface area (Å²) in [4.78, 5) is 14.9. The first-order valence-electron chi connectivity index (χ1n) is 10.4. The third-order valence-corrected chi connectivity index (χ3v) is 5.43. The second-order valence-corrected chi connectivity index (χ2v) is 7.89. The highest BCUT2D eigenvalue weighted by Crippen LogP contribution is 2.18. The molecule has 4 heteroatoms. The number of ether oxygens (including phenoxy) is 1. The summed E-state index contributed by atoms with van der Waals surface area (Å²) in [6.07, 6.45) is 4.46. The number of carbonyl (C=O) groups excluding carboxylic acids is 1. The van der Waals surface area contributed by atoms with E-state index in [4.69, 9.17) is 4.74 Å². The van der Waals surface area contributed by atoms with Crippen molar-refractivity contribution < 1.29 is 9.53 Å². The molecule has 1 saturated heterocycles. The van der Waals surface area contributed by atoms with Crippen LogP contribution in [0.2, 0.25) is 0 Å². The smallest absolute Gasteiger partial charge is 0.251 e. The summed E-state index contributed by atoms with van der Waals surface area (Å²) in [5.41, 5.74) is 3.24. The number of carbonyl (C=O) groups is 1. The van der Waals surface area contributed by atoms with E-state index in [0.29, 0.717) is 6.54 Å². The van der Waals surface area contributed by atoms with Crippen molar-refractivity contribution in [3.63, 3.8) is 0 Å². The SMILES string of the molecule is COc1cccc(CCCNC(=O)c2ccc(CN3CCCC(C)C3)cc2)c1. The average molecular weight is 381 g/mol. The first-order chi connectivity index (χ1) is 13.6. The highest BCUT2D eigenvalue weighted by atomic mass is 16.5. The maximum Gasteiger partial charge on any atom is 0.251 e. The molecular weight excluding hydrogens is 348 g/mol. The van der Waals surface area contributed by atoms with E-state index in [0.717, 1.165) is 36.6 Å². The Balaban J connectivity index is 1.41. The first kappa shape index (κ1) is 20.4. The van der Waals surface area contributed by atoms with Crippen LogP contribution >= 0.6 is 0 Å². The second kappa shape index (κ2) is 10.3. The molecule has 0 spiro atoms. The lowest BCUT2D eigenvalue weighted by atomic mass is 9.99. The first-order valence-corrected chi connectivity index (χ1v) is 10.4. The van der Waals surface area contributed by atoms with Crippen LogP contribution in [0.1, 0.15) is 47.7 Å². The number of likely N-dealkylation sites (tertiary alicyclic amines) is 1. The van der Waals surface area contributed by atoms with E-state index in [1.807, 2.05) is 30.3 Å². The van der Waals surface area contributed by atoms with Crippen LogP contribution in [-0.2, 0) is 13.0 Å². The fraction of sp³-hybridized carbons (Fsp3) is 0.458. The van der Waals surface area contributed by atoms with Gasteiger partial charge in [0.1, 0.15) is 5.75 Å². The van der Waals surface area contributed by atoms with Gasteiger partial charge in [0.25, 0.3) is 5.91 Å². The normalized spacial score (nSPS) is 17.3. The Morgan fingerprint density at radius 2 is 2.00 bits per heavy atom. The second-order valence-electron chi connectivity index (χ2n) is 7.89. The van der Waals surface area contributed by atoms with E-state index in [1.165, 1.54) is 37.1 Å². The maximum absolute atomic E-state index is 12.4. The lowest BCUT2D eigenvalue weighted by Gasteiger charge is -2.30. The van der Waals surface area contributed by atoms with E-state index >= 15 is 0 Å². The van der Waals surface area contributed by atoms with Gasteiger partial charge in [-0.3, -0.25) is 9.69 Å². The third kappa shape index (κ3) is 6.10. The van der Waals surface area contributed by atoms with Crippen molar-refractivity contribution in [2.75, 3.05) is 26.7 Å². The zero-order valence-electron chi connectivity index (χ0n) is 17.1. The number of amides is 1. The largest absolute Gasteiger partial charge is 0.497 e. The molecule has 3 rings (SSSR count). The van der Waals surface area contributed by atoms with E-state index in [2.05, 4.69) is 35.3 Å². The Morgan fingerprint density at radius 3 is 2.75 bits per heavy atom. The third-order valence-electron chi connectivity index (χ3n) is 5.43. The van der Waals surface area contributed by atoms with Crippen molar-refractivity contribution in [3.05, 3.63) is 65.2 Å². The van der Waals surface area contributed by atoms with Crippen molar-refractivity contribution in [2.24, 2.45) is 5.92 Å². The van der Waals surface area contributed by atoms with Crippen molar-refractivity contribution >= 4 is 5.91 Å². The van der Waals surface area contributed by atoms with Gasteiger partial charge in [-0.1, -0.05) is 31.2 Å². The van der Waals surface area contributed by atoms with E-state index < -0.39 is 0 Å². The quantitative estimate of drug-likeness (QED) is 0.695. The van der Waals surface area contributed by atoms with Crippen LogP contribution in [0.4, 0.5) is 0 Å². The van der Waals surface area contributed by atoms with Crippen LogP contribution in [0, 0.1) is 5.92 Å². The van der Waals surface area contributed by atoms with Crippen molar-refractivity contribution in [2.45, 2.75) is 39.2 Å². The molecule has 0 aromatic heterocycles. The Morgan fingerprint density at radius 1 is 1.18 bits per heavy atom. The number of piperidine rings is 1. The van der Waals surface area contributed by atoms with Crippen LogP contribution < -0.4 is 10.1 Å². The molecule has 2 aromatic carbocycles. The van der Waals surface area contributed by atoms with Crippen LogP contribution in [0.25, 0.3) is 0 Å². The van der Waals surface area contributed by atoms with Gasteiger partial charge in [0.15, 0.2) is 0 Å². The predicted molar refractivity (Wildman–Crippen MR) is 114 cm³/mol. The summed E-state index contributed by atoms with van der Waals surface area (Å²) >= 11 is 0. The van der Waals surface area contributed by atoms with Gasteiger partial charge in [-0.05, 0) is 73.5 Å². The molecule has 1 atom stereocenters. The molecule has 0 aliphatic carbocycles. The number of methoxy groups -OCH3 is 1. The lowest BCUT2D eigenvalue weighted by Crippen LogP contribution is -2.33. The fourth-order valence-electron chi connectivity index (χ4n) is 3.87. The van der Waals surface area contributed by atoms with Gasteiger partial charge in [-0.2, -0.15) is 0 Å². The molecule has 1 fully saturated rings. The van der Waals surface area contributed by atoms with Crippen molar-refractivity contribution in [1.29, 1.82) is 0 Å². The molecule has 0 saturated carbocycles. The number of rotatable bonds is 8. The Kier molecular flexibility index (Phi) is 7.49. The van der Waals surface area contributed by atoms with Crippen LogP contribution in [0.15, 0.2) is 48.5 Å². The maximum atomic E-state index is 12.4. The highest BCUT2D eigenvalue weighted by Gasteiger charge is 2.16. The minimum absolute atomic E-state index is 0.00351. The topological polar surface area (TPSA) is 41.6 Å². The van der Waals surface area contributed by atoms with Gasteiger partial charge in [0.2, 0.25) is 0 Å². The monoisotopic (exact) mass is 380 g/mol. The average Bonchev–Trinajstić information content (AvgIpc) is 2.72. The summed E-state index contributed by atoms with van der Waals surface area (Å²) in [5, 5.41) is 3.02. The molecule has 1 unspecified atom stereocenters. The van der Waals surface area contributed by atoms with Gasteiger partial charge in [0.05, 0.1) is 7.11 Å². The zero-order chi connectivity index (χ0) is 19.8. The molecule has 4 nitrogen and oxygen atoms in total. The molecule has 2 aromatic rings. The number of hydrogen-bond acceptors (Lipinski definition) is 3. The summed E-state index contributed by atoms with van der Waals surface area (Å²) in [6.45, 7) is 6.33. The Labute approximate surface area is 168 Å². The van der Waals surface area contributed by atoms with Crippen molar-refractivity contribution in [1.82, 2.24) is 10.2 Å². The molecule has 150 valence electrons. The lowest BCUT2D eigenvalue weighted by molar-refractivity contribution is 0.0953. The van der Waals surface area contributed by atoms with Crippen molar-refractivity contribution in [3.8, 4) is 5.75 Å². The van der Waals surface area contributed by atoms with Gasteiger partial charge < -0.3 is 10.1 Å². The minimum atomic E-state index is 0.00351. The number of nitrogens with one attached hydrogen (secondary N) is 1.